The summed E-state index contributed by atoms with van der Waals surface area (Å²) in [5.41, 5.74) is 3.48. The maximum atomic E-state index is 6.13. The molecule has 0 radical (unpaired) electrons. The van der Waals surface area contributed by atoms with E-state index in [0.29, 0.717) is 5.28 Å². The summed E-state index contributed by atoms with van der Waals surface area (Å²) < 4.78 is 0. The molecule has 5 heteroatoms. The van der Waals surface area contributed by atoms with E-state index >= 15 is 0 Å². The molecule has 122 valence electrons. The number of aromatic nitrogens is 2. The number of piperazine rings is 1. The topological polar surface area (TPSA) is 32.3 Å². The molecular weight excluding hydrogens is 320 g/mol. The van der Waals surface area contributed by atoms with E-state index in [9.17, 15) is 0 Å². The zero-order valence-electron chi connectivity index (χ0n) is 13.6. The van der Waals surface area contributed by atoms with Gasteiger partial charge in [0.1, 0.15) is 5.82 Å². The van der Waals surface area contributed by atoms with Crippen LogP contribution in [-0.4, -0.2) is 36.1 Å². The Morgan fingerprint density at radius 1 is 0.875 bits per heavy atom. The number of fused-ring (bicyclic) bond motifs is 1. The largest absolute Gasteiger partial charge is 0.368 e. The van der Waals surface area contributed by atoms with Gasteiger partial charge in [0.05, 0.1) is 5.52 Å². The molecule has 4 rings (SSSR count). The van der Waals surface area contributed by atoms with Crippen molar-refractivity contribution in [2.45, 2.75) is 6.92 Å². The Labute approximate surface area is 146 Å². The van der Waals surface area contributed by atoms with E-state index in [1.165, 1.54) is 11.3 Å². The molecule has 1 saturated heterocycles. The van der Waals surface area contributed by atoms with Gasteiger partial charge in [0, 0.05) is 37.3 Å². The molecule has 0 atom stereocenters. The Balaban J connectivity index is 1.58. The summed E-state index contributed by atoms with van der Waals surface area (Å²) in [4.78, 5) is 13.6. The first-order valence-corrected chi connectivity index (χ1v) is 8.57. The number of hydrogen-bond donors (Lipinski definition) is 0. The third kappa shape index (κ3) is 2.89. The average Bonchev–Trinajstić information content (AvgIpc) is 2.61. The van der Waals surface area contributed by atoms with Gasteiger partial charge in [0.25, 0.3) is 0 Å². The number of rotatable bonds is 2. The summed E-state index contributed by atoms with van der Waals surface area (Å²) in [5.74, 6) is 0.939. The lowest BCUT2D eigenvalue weighted by molar-refractivity contribution is 0.649. The lowest BCUT2D eigenvalue weighted by Gasteiger charge is -2.37. The van der Waals surface area contributed by atoms with E-state index < -0.39 is 0 Å². The number of anilines is 2. The minimum atomic E-state index is 0.310. The fourth-order valence-electron chi connectivity index (χ4n) is 3.27. The summed E-state index contributed by atoms with van der Waals surface area (Å²) in [6.45, 7) is 5.92. The number of aryl methyl sites for hydroxylation is 1. The molecule has 0 amide bonds. The summed E-state index contributed by atoms with van der Waals surface area (Å²) in [6.07, 6.45) is 0. The van der Waals surface area contributed by atoms with E-state index in [2.05, 4.69) is 57.0 Å². The highest BCUT2D eigenvalue weighted by Crippen LogP contribution is 2.27. The van der Waals surface area contributed by atoms with Crippen LogP contribution in [0.1, 0.15) is 5.56 Å². The summed E-state index contributed by atoms with van der Waals surface area (Å²) in [6, 6.07) is 16.7. The van der Waals surface area contributed by atoms with Crippen LogP contribution in [0.3, 0.4) is 0 Å². The molecule has 0 unspecified atom stereocenters. The molecule has 0 aliphatic carbocycles. The van der Waals surface area contributed by atoms with Gasteiger partial charge in [-0.3, -0.25) is 0 Å². The lowest BCUT2D eigenvalue weighted by atomic mass is 10.1. The van der Waals surface area contributed by atoms with Gasteiger partial charge in [-0.2, -0.15) is 4.98 Å². The Kier molecular flexibility index (Phi) is 3.98. The Bertz CT molecular complexity index is 872. The smallest absolute Gasteiger partial charge is 0.224 e. The van der Waals surface area contributed by atoms with Gasteiger partial charge >= 0.3 is 0 Å². The standard InChI is InChI=1S/C19H19ClN4/c1-14-5-4-6-15(13-14)23-9-11-24(12-10-23)18-16-7-2-3-8-17(16)21-19(20)22-18/h2-8,13H,9-12H2,1H3. The van der Waals surface area contributed by atoms with Crippen molar-refractivity contribution in [1.29, 1.82) is 0 Å². The van der Waals surface area contributed by atoms with Crippen LogP contribution < -0.4 is 9.80 Å². The summed E-state index contributed by atoms with van der Waals surface area (Å²) in [5, 5.41) is 1.37. The molecule has 4 nitrogen and oxygen atoms in total. The van der Waals surface area contributed by atoms with Crippen molar-refractivity contribution in [2.75, 3.05) is 36.0 Å². The van der Waals surface area contributed by atoms with Crippen molar-refractivity contribution in [3.63, 3.8) is 0 Å². The van der Waals surface area contributed by atoms with Crippen molar-refractivity contribution < 1.29 is 0 Å². The van der Waals surface area contributed by atoms with Crippen LogP contribution in [0.4, 0.5) is 11.5 Å². The van der Waals surface area contributed by atoms with Crippen molar-refractivity contribution in [1.82, 2.24) is 9.97 Å². The van der Waals surface area contributed by atoms with Crippen LogP contribution in [0.2, 0.25) is 5.28 Å². The Morgan fingerprint density at radius 2 is 1.62 bits per heavy atom. The number of para-hydroxylation sites is 1. The Morgan fingerprint density at radius 3 is 2.42 bits per heavy atom. The number of halogens is 1. The summed E-state index contributed by atoms with van der Waals surface area (Å²) in [7, 11) is 0. The van der Waals surface area contributed by atoms with Gasteiger partial charge in [-0.25, -0.2) is 4.98 Å². The highest BCUT2D eigenvalue weighted by atomic mass is 35.5. The quantitative estimate of drug-likeness (QED) is 0.663. The van der Waals surface area contributed by atoms with Gasteiger partial charge in [0.15, 0.2) is 0 Å². The molecule has 0 bridgehead atoms. The fraction of sp³-hybridized carbons (Fsp3) is 0.263. The molecule has 1 aliphatic heterocycles. The van der Waals surface area contributed by atoms with E-state index in [0.717, 1.165) is 42.9 Å². The zero-order valence-corrected chi connectivity index (χ0v) is 14.4. The lowest BCUT2D eigenvalue weighted by Crippen LogP contribution is -2.47. The third-order valence-corrected chi connectivity index (χ3v) is 4.67. The van der Waals surface area contributed by atoms with Gasteiger partial charge < -0.3 is 9.80 Å². The van der Waals surface area contributed by atoms with E-state index in [1.807, 2.05) is 18.2 Å². The fourth-order valence-corrected chi connectivity index (χ4v) is 3.45. The molecule has 2 heterocycles. The first kappa shape index (κ1) is 15.2. The van der Waals surface area contributed by atoms with Crippen LogP contribution in [0.15, 0.2) is 48.5 Å². The highest BCUT2D eigenvalue weighted by molar-refractivity contribution is 6.28. The van der Waals surface area contributed by atoms with Crippen LogP contribution in [0.5, 0.6) is 0 Å². The number of nitrogens with zero attached hydrogens (tertiary/aromatic N) is 4. The molecule has 24 heavy (non-hydrogen) atoms. The van der Waals surface area contributed by atoms with Crippen LogP contribution in [-0.2, 0) is 0 Å². The summed E-state index contributed by atoms with van der Waals surface area (Å²) >= 11 is 6.13. The van der Waals surface area contributed by atoms with Crippen molar-refractivity contribution >= 4 is 34.0 Å². The van der Waals surface area contributed by atoms with Gasteiger partial charge in [0.2, 0.25) is 5.28 Å². The SMILES string of the molecule is Cc1cccc(N2CCN(c3nc(Cl)nc4ccccc34)CC2)c1. The second kappa shape index (κ2) is 6.29. The molecule has 3 aromatic rings. The van der Waals surface area contributed by atoms with Crippen molar-refractivity contribution in [3.05, 3.63) is 59.4 Å². The van der Waals surface area contributed by atoms with Crippen molar-refractivity contribution in [3.8, 4) is 0 Å². The van der Waals surface area contributed by atoms with E-state index in [4.69, 9.17) is 11.6 Å². The first-order chi connectivity index (χ1) is 11.7. The van der Waals surface area contributed by atoms with E-state index in [1.54, 1.807) is 0 Å². The molecule has 1 aliphatic rings. The molecule has 2 aromatic carbocycles. The first-order valence-electron chi connectivity index (χ1n) is 8.19. The van der Waals surface area contributed by atoms with Crippen LogP contribution in [0.25, 0.3) is 10.9 Å². The normalized spacial score (nSPS) is 15.1. The van der Waals surface area contributed by atoms with Gasteiger partial charge in [-0.15, -0.1) is 0 Å². The molecule has 0 spiro atoms. The molecule has 0 N–H and O–H groups in total. The minimum absolute atomic E-state index is 0.310. The minimum Gasteiger partial charge on any atom is -0.368 e. The second-order valence-corrected chi connectivity index (χ2v) is 6.48. The number of hydrogen-bond acceptors (Lipinski definition) is 4. The van der Waals surface area contributed by atoms with Crippen LogP contribution in [0, 0.1) is 6.92 Å². The average molecular weight is 339 g/mol. The second-order valence-electron chi connectivity index (χ2n) is 6.15. The molecule has 0 saturated carbocycles. The molecular formula is C19H19ClN4. The molecule has 1 aromatic heterocycles. The van der Waals surface area contributed by atoms with Crippen LogP contribution >= 0.6 is 11.6 Å². The predicted octanol–water partition coefficient (Wildman–Crippen LogP) is 3.92. The third-order valence-electron chi connectivity index (χ3n) is 4.50. The Hall–Kier alpha value is -2.33. The zero-order chi connectivity index (χ0) is 16.5. The monoisotopic (exact) mass is 338 g/mol. The number of benzene rings is 2. The van der Waals surface area contributed by atoms with Gasteiger partial charge in [-0.1, -0.05) is 24.3 Å². The predicted molar refractivity (Wildman–Crippen MR) is 100 cm³/mol. The van der Waals surface area contributed by atoms with Crippen molar-refractivity contribution in [2.24, 2.45) is 0 Å². The maximum absolute atomic E-state index is 6.13. The maximum Gasteiger partial charge on any atom is 0.224 e. The highest BCUT2D eigenvalue weighted by Gasteiger charge is 2.20. The van der Waals surface area contributed by atoms with Gasteiger partial charge in [-0.05, 0) is 48.4 Å². The molecule has 1 fully saturated rings. The van der Waals surface area contributed by atoms with E-state index in [-0.39, 0.29) is 0 Å².